The summed E-state index contributed by atoms with van der Waals surface area (Å²) in [6, 6.07) is 3.01. The van der Waals surface area contributed by atoms with Gasteiger partial charge in [0.1, 0.15) is 11.8 Å². The lowest BCUT2D eigenvalue weighted by Crippen LogP contribution is -2.29. The lowest BCUT2D eigenvalue weighted by molar-refractivity contribution is -0.139. The number of nitrogens with zero attached hydrogens (tertiary/aromatic N) is 4. The Morgan fingerprint density at radius 2 is 2.41 bits per heavy atom. The standard InChI is InChI=1S/C14H17N5O3/c1-3-4-7-22-13(20)11-9(2)15-14-16-17-18-19(14)12(11)10-6-5-8-21-10/h5-6,8,12H,3-4,7H2,1-2H3,(H,15,16,18)/t12-/m1/s1. The molecule has 0 spiro atoms. The van der Waals surface area contributed by atoms with Crippen LogP contribution in [0.2, 0.25) is 0 Å². The minimum Gasteiger partial charge on any atom is -0.467 e. The molecule has 2 aromatic heterocycles. The van der Waals surface area contributed by atoms with Gasteiger partial charge < -0.3 is 14.5 Å². The van der Waals surface area contributed by atoms with Gasteiger partial charge in [-0.05, 0) is 35.9 Å². The fourth-order valence-corrected chi connectivity index (χ4v) is 2.37. The second kappa shape index (κ2) is 6.00. The second-order valence-electron chi connectivity index (χ2n) is 5.02. The number of rotatable bonds is 5. The van der Waals surface area contributed by atoms with Gasteiger partial charge in [-0.2, -0.15) is 4.68 Å². The number of tetrazole rings is 1. The molecule has 22 heavy (non-hydrogen) atoms. The van der Waals surface area contributed by atoms with E-state index in [0.29, 0.717) is 29.6 Å². The zero-order valence-corrected chi connectivity index (χ0v) is 12.4. The Balaban J connectivity index is 1.96. The number of aromatic nitrogens is 4. The normalized spacial score (nSPS) is 17.1. The molecular weight excluding hydrogens is 286 g/mol. The van der Waals surface area contributed by atoms with E-state index in [1.54, 1.807) is 25.3 Å². The van der Waals surface area contributed by atoms with Gasteiger partial charge in [0.05, 0.1) is 18.4 Å². The predicted octanol–water partition coefficient (Wildman–Crippen LogP) is 1.90. The number of fused-ring (bicyclic) bond motifs is 1. The zero-order chi connectivity index (χ0) is 15.5. The molecule has 0 fully saturated rings. The number of hydrogen-bond donors (Lipinski definition) is 1. The third-order valence-electron chi connectivity index (χ3n) is 3.48. The van der Waals surface area contributed by atoms with Gasteiger partial charge >= 0.3 is 5.97 Å². The lowest BCUT2D eigenvalue weighted by Gasteiger charge is -2.25. The largest absolute Gasteiger partial charge is 0.467 e. The smallest absolute Gasteiger partial charge is 0.338 e. The average Bonchev–Trinajstić information content (AvgIpc) is 3.16. The molecule has 3 rings (SSSR count). The Morgan fingerprint density at radius 1 is 1.55 bits per heavy atom. The molecule has 1 N–H and O–H groups in total. The van der Waals surface area contributed by atoms with Crippen LogP contribution >= 0.6 is 0 Å². The summed E-state index contributed by atoms with van der Waals surface area (Å²) < 4.78 is 12.3. The number of esters is 1. The highest BCUT2D eigenvalue weighted by molar-refractivity contribution is 5.92. The summed E-state index contributed by atoms with van der Waals surface area (Å²) in [6.07, 6.45) is 3.34. The van der Waals surface area contributed by atoms with Crippen LogP contribution in [0.4, 0.5) is 5.95 Å². The summed E-state index contributed by atoms with van der Waals surface area (Å²) in [5, 5.41) is 14.5. The number of anilines is 1. The van der Waals surface area contributed by atoms with Crippen LogP contribution in [0.1, 0.15) is 38.5 Å². The topological polar surface area (TPSA) is 95.1 Å². The van der Waals surface area contributed by atoms with E-state index in [9.17, 15) is 4.79 Å². The quantitative estimate of drug-likeness (QED) is 0.665. The number of allylic oxidation sites excluding steroid dienone is 1. The average molecular weight is 303 g/mol. The molecule has 0 radical (unpaired) electrons. The van der Waals surface area contributed by atoms with Gasteiger partial charge in [0.15, 0.2) is 0 Å². The summed E-state index contributed by atoms with van der Waals surface area (Å²) in [5.41, 5.74) is 1.11. The molecule has 0 bridgehead atoms. The molecule has 0 amide bonds. The van der Waals surface area contributed by atoms with Crippen LogP contribution < -0.4 is 5.32 Å². The van der Waals surface area contributed by atoms with Crippen molar-refractivity contribution in [3.8, 4) is 0 Å². The molecule has 0 saturated carbocycles. The molecule has 3 heterocycles. The van der Waals surface area contributed by atoms with Crippen molar-refractivity contribution in [2.45, 2.75) is 32.7 Å². The van der Waals surface area contributed by atoms with Crippen LogP contribution in [0.3, 0.4) is 0 Å². The van der Waals surface area contributed by atoms with Crippen molar-refractivity contribution in [1.29, 1.82) is 0 Å². The van der Waals surface area contributed by atoms with Crippen LogP contribution in [0.15, 0.2) is 34.1 Å². The molecule has 1 aliphatic heterocycles. The van der Waals surface area contributed by atoms with Gasteiger partial charge in [-0.15, -0.1) is 0 Å². The van der Waals surface area contributed by atoms with Crippen LogP contribution in [0.25, 0.3) is 0 Å². The van der Waals surface area contributed by atoms with E-state index in [-0.39, 0.29) is 5.97 Å². The van der Waals surface area contributed by atoms with Gasteiger partial charge in [0.25, 0.3) is 0 Å². The van der Waals surface area contributed by atoms with Gasteiger partial charge in [-0.25, -0.2) is 4.79 Å². The highest BCUT2D eigenvalue weighted by Gasteiger charge is 2.36. The SMILES string of the molecule is CCCCOC(=O)C1=C(C)Nc2nnnn2[C@@H]1c1ccco1. The van der Waals surface area contributed by atoms with E-state index in [2.05, 4.69) is 20.8 Å². The van der Waals surface area contributed by atoms with Crippen molar-refractivity contribution in [2.24, 2.45) is 0 Å². The lowest BCUT2D eigenvalue weighted by atomic mass is 10.0. The maximum Gasteiger partial charge on any atom is 0.338 e. The van der Waals surface area contributed by atoms with E-state index < -0.39 is 6.04 Å². The number of nitrogens with one attached hydrogen (secondary N) is 1. The maximum atomic E-state index is 12.5. The van der Waals surface area contributed by atoms with Gasteiger partial charge in [0, 0.05) is 5.70 Å². The zero-order valence-electron chi connectivity index (χ0n) is 12.4. The van der Waals surface area contributed by atoms with Gasteiger partial charge in [-0.1, -0.05) is 18.4 Å². The fraction of sp³-hybridized carbons (Fsp3) is 0.429. The monoisotopic (exact) mass is 303 g/mol. The Labute approximate surface area is 127 Å². The summed E-state index contributed by atoms with van der Waals surface area (Å²) in [6.45, 7) is 4.23. The van der Waals surface area contributed by atoms with Crippen LogP contribution in [-0.4, -0.2) is 32.8 Å². The van der Waals surface area contributed by atoms with E-state index >= 15 is 0 Å². The van der Waals surface area contributed by atoms with Gasteiger partial charge in [-0.3, -0.25) is 0 Å². The summed E-state index contributed by atoms with van der Waals surface area (Å²) >= 11 is 0. The molecule has 0 aliphatic carbocycles. The van der Waals surface area contributed by atoms with Crippen molar-refractivity contribution in [3.63, 3.8) is 0 Å². The molecule has 8 heteroatoms. The number of unbranched alkanes of at least 4 members (excludes halogenated alkanes) is 1. The van der Waals surface area contributed by atoms with Crippen LogP contribution in [0.5, 0.6) is 0 Å². The maximum absolute atomic E-state index is 12.5. The number of ether oxygens (including phenoxy) is 1. The number of hydrogen-bond acceptors (Lipinski definition) is 7. The van der Waals surface area contributed by atoms with Crippen LogP contribution in [0, 0.1) is 0 Å². The molecule has 0 unspecified atom stereocenters. The summed E-state index contributed by atoms with van der Waals surface area (Å²) in [4.78, 5) is 12.5. The minimum atomic E-state index is -0.532. The molecule has 0 aromatic carbocycles. The second-order valence-corrected chi connectivity index (χ2v) is 5.02. The molecule has 116 valence electrons. The number of furan rings is 1. The van der Waals surface area contributed by atoms with E-state index in [4.69, 9.17) is 9.15 Å². The van der Waals surface area contributed by atoms with Crippen LogP contribution in [-0.2, 0) is 9.53 Å². The molecule has 8 nitrogen and oxygen atoms in total. The number of carbonyl (C=O) groups excluding carboxylic acids is 1. The van der Waals surface area contributed by atoms with Crippen molar-refractivity contribution in [2.75, 3.05) is 11.9 Å². The first-order valence-corrected chi connectivity index (χ1v) is 7.18. The summed E-state index contributed by atoms with van der Waals surface area (Å²) in [7, 11) is 0. The van der Waals surface area contributed by atoms with Crippen molar-refractivity contribution >= 4 is 11.9 Å². The van der Waals surface area contributed by atoms with Gasteiger partial charge in [0.2, 0.25) is 5.95 Å². The van der Waals surface area contributed by atoms with E-state index in [1.807, 2.05) is 6.92 Å². The first-order valence-electron chi connectivity index (χ1n) is 7.18. The van der Waals surface area contributed by atoms with Crippen molar-refractivity contribution < 1.29 is 13.9 Å². The summed E-state index contributed by atoms with van der Waals surface area (Å²) in [5.74, 6) is 0.654. The highest BCUT2D eigenvalue weighted by atomic mass is 16.5. The molecule has 2 aromatic rings. The number of carbonyl (C=O) groups is 1. The Hall–Kier alpha value is -2.64. The third kappa shape index (κ3) is 2.47. The third-order valence-corrected chi connectivity index (χ3v) is 3.48. The molecule has 1 atom stereocenters. The predicted molar refractivity (Wildman–Crippen MR) is 76.9 cm³/mol. The first-order chi connectivity index (χ1) is 10.7. The van der Waals surface area contributed by atoms with Crippen molar-refractivity contribution in [1.82, 2.24) is 20.2 Å². The Bertz CT molecular complexity index is 689. The Kier molecular flexibility index (Phi) is 3.90. The highest BCUT2D eigenvalue weighted by Crippen LogP contribution is 2.34. The molecular formula is C14H17N5O3. The Morgan fingerprint density at radius 3 is 3.14 bits per heavy atom. The molecule has 1 aliphatic rings. The van der Waals surface area contributed by atoms with Crippen molar-refractivity contribution in [3.05, 3.63) is 35.4 Å². The van der Waals surface area contributed by atoms with E-state index in [0.717, 1.165) is 12.8 Å². The minimum absolute atomic E-state index is 0.388. The molecule has 0 saturated heterocycles. The first kappa shape index (κ1) is 14.3. The fourth-order valence-electron chi connectivity index (χ4n) is 2.37. The van der Waals surface area contributed by atoms with E-state index in [1.165, 1.54) is 4.68 Å².